The van der Waals surface area contributed by atoms with Crippen LogP contribution in [0.25, 0.3) is 11.1 Å². The molecule has 0 unspecified atom stereocenters. The molecule has 2 rings (SSSR count). The summed E-state index contributed by atoms with van der Waals surface area (Å²) in [5.41, 5.74) is 3.43. The zero-order valence-corrected chi connectivity index (χ0v) is 8.61. The zero-order chi connectivity index (χ0) is 9.80. The van der Waals surface area contributed by atoms with Gasteiger partial charge in [-0.05, 0) is 23.3 Å². The minimum atomic E-state index is 0.681. The first-order chi connectivity index (χ1) is 6.90. The lowest BCUT2D eigenvalue weighted by molar-refractivity contribution is 1.18. The normalized spacial score (nSPS) is 10.1. The summed E-state index contributed by atoms with van der Waals surface area (Å²) in [6.07, 6.45) is 1.83. The van der Waals surface area contributed by atoms with Crippen molar-refractivity contribution < 1.29 is 0 Å². The van der Waals surface area contributed by atoms with E-state index >= 15 is 0 Å². The van der Waals surface area contributed by atoms with Gasteiger partial charge in [-0.1, -0.05) is 30.3 Å². The standard InChI is InChI=1S/C12H11NS/c14-9-12-8-11(6-7-13-12)10-4-2-1-3-5-10/h1-8,14H,9H2. The molecule has 0 atom stereocenters. The van der Waals surface area contributed by atoms with Crippen LogP contribution in [0.4, 0.5) is 0 Å². The molecule has 0 saturated carbocycles. The molecule has 0 fully saturated rings. The van der Waals surface area contributed by atoms with E-state index in [1.54, 1.807) is 0 Å². The van der Waals surface area contributed by atoms with Crippen molar-refractivity contribution in [2.24, 2.45) is 0 Å². The van der Waals surface area contributed by atoms with Crippen molar-refractivity contribution in [3.8, 4) is 11.1 Å². The average molecular weight is 201 g/mol. The van der Waals surface area contributed by atoms with Crippen molar-refractivity contribution in [3.63, 3.8) is 0 Å². The van der Waals surface area contributed by atoms with Crippen molar-refractivity contribution in [3.05, 3.63) is 54.4 Å². The van der Waals surface area contributed by atoms with Gasteiger partial charge in [-0.25, -0.2) is 0 Å². The molecule has 0 saturated heterocycles. The van der Waals surface area contributed by atoms with Crippen LogP contribution >= 0.6 is 12.6 Å². The number of hydrogen-bond donors (Lipinski definition) is 1. The predicted molar refractivity (Wildman–Crippen MR) is 62.4 cm³/mol. The Balaban J connectivity index is 2.42. The summed E-state index contributed by atoms with van der Waals surface area (Å²) in [5, 5.41) is 0. The fraction of sp³-hybridized carbons (Fsp3) is 0.0833. The van der Waals surface area contributed by atoms with Gasteiger partial charge in [-0.15, -0.1) is 0 Å². The van der Waals surface area contributed by atoms with Crippen molar-refractivity contribution in [2.45, 2.75) is 5.75 Å². The Bertz CT molecular complexity index is 412. The lowest BCUT2D eigenvalue weighted by Crippen LogP contribution is -1.85. The Morgan fingerprint density at radius 1 is 1.00 bits per heavy atom. The molecule has 0 radical (unpaired) electrons. The van der Waals surface area contributed by atoms with Gasteiger partial charge in [0.25, 0.3) is 0 Å². The Morgan fingerprint density at radius 3 is 2.50 bits per heavy atom. The Kier molecular flexibility index (Phi) is 2.84. The van der Waals surface area contributed by atoms with Gasteiger partial charge in [0.15, 0.2) is 0 Å². The molecular weight excluding hydrogens is 190 g/mol. The van der Waals surface area contributed by atoms with E-state index in [2.05, 4.69) is 35.8 Å². The molecule has 1 nitrogen and oxygen atoms in total. The molecule has 1 aromatic carbocycles. The lowest BCUT2D eigenvalue weighted by atomic mass is 10.1. The number of rotatable bonds is 2. The molecule has 2 aromatic rings. The minimum Gasteiger partial charge on any atom is -0.260 e. The number of pyridine rings is 1. The maximum atomic E-state index is 4.21. The van der Waals surface area contributed by atoms with E-state index in [4.69, 9.17) is 0 Å². The summed E-state index contributed by atoms with van der Waals surface area (Å²) in [4.78, 5) is 4.21. The van der Waals surface area contributed by atoms with Gasteiger partial charge in [0.1, 0.15) is 0 Å². The largest absolute Gasteiger partial charge is 0.260 e. The number of nitrogens with zero attached hydrogens (tertiary/aromatic N) is 1. The monoisotopic (exact) mass is 201 g/mol. The van der Waals surface area contributed by atoms with E-state index in [0.29, 0.717) is 5.75 Å². The van der Waals surface area contributed by atoms with Gasteiger partial charge in [-0.3, -0.25) is 4.98 Å². The van der Waals surface area contributed by atoms with Gasteiger partial charge in [0.2, 0.25) is 0 Å². The molecule has 0 aliphatic rings. The van der Waals surface area contributed by atoms with Crippen LogP contribution in [0, 0.1) is 0 Å². The lowest BCUT2D eigenvalue weighted by Gasteiger charge is -2.02. The third-order valence-electron chi connectivity index (χ3n) is 2.09. The van der Waals surface area contributed by atoms with E-state index < -0.39 is 0 Å². The predicted octanol–water partition coefficient (Wildman–Crippen LogP) is 3.18. The van der Waals surface area contributed by atoms with Crippen molar-refractivity contribution >= 4 is 12.6 Å². The molecule has 1 heterocycles. The number of thiol groups is 1. The van der Waals surface area contributed by atoms with Crippen LogP contribution in [0.15, 0.2) is 48.7 Å². The van der Waals surface area contributed by atoms with Crippen LogP contribution < -0.4 is 0 Å². The van der Waals surface area contributed by atoms with E-state index in [0.717, 1.165) is 5.69 Å². The van der Waals surface area contributed by atoms with Crippen molar-refractivity contribution in [1.82, 2.24) is 4.98 Å². The van der Waals surface area contributed by atoms with Gasteiger partial charge < -0.3 is 0 Å². The topological polar surface area (TPSA) is 12.9 Å². The molecule has 0 aliphatic carbocycles. The first-order valence-corrected chi connectivity index (χ1v) is 5.14. The van der Waals surface area contributed by atoms with Crippen molar-refractivity contribution in [2.75, 3.05) is 0 Å². The highest BCUT2D eigenvalue weighted by Crippen LogP contribution is 2.19. The summed E-state index contributed by atoms with van der Waals surface area (Å²) in [6.45, 7) is 0. The summed E-state index contributed by atoms with van der Waals surface area (Å²) in [6, 6.07) is 14.4. The van der Waals surface area contributed by atoms with Crippen LogP contribution in [-0.2, 0) is 5.75 Å². The molecule has 14 heavy (non-hydrogen) atoms. The minimum absolute atomic E-state index is 0.681. The van der Waals surface area contributed by atoms with Crippen LogP contribution in [0.2, 0.25) is 0 Å². The summed E-state index contributed by atoms with van der Waals surface area (Å²) in [7, 11) is 0. The van der Waals surface area contributed by atoms with E-state index in [1.807, 2.05) is 30.5 Å². The maximum absolute atomic E-state index is 4.21. The zero-order valence-electron chi connectivity index (χ0n) is 7.72. The maximum Gasteiger partial charge on any atom is 0.0506 e. The first-order valence-electron chi connectivity index (χ1n) is 4.51. The Hall–Kier alpha value is -1.28. The number of hydrogen-bond acceptors (Lipinski definition) is 2. The Labute approximate surface area is 89.2 Å². The van der Waals surface area contributed by atoms with Gasteiger partial charge >= 0.3 is 0 Å². The first kappa shape index (κ1) is 9.28. The average Bonchev–Trinajstić information content (AvgIpc) is 2.30. The second kappa shape index (κ2) is 4.29. The smallest absolute Gasteiger partial charge is 0.0506 e. The van der Waals surface area contributed by atoms with Gasteiger partial charge in [0, 0.05) is 11.9 Å². The highest BCUT2D eigenvalue weighted by Gasteiger charge is 1.97. The van der Waals surface area contributed by atoms with Crippen LogP contribution in [0.1, 0.15) is 5.69 Å². The molecule has 2 heteroatoms. The molecule has 0 N–H and O–H groups in total. The SMILES string of the molecule is SCc1cc(-c2ccccc2)ccn1. The molecule has 0 bridgehead atoms. The molecule has 70 valence electrons. The highest BCUT2D eigenvalue weighted by atomic mass is 32.1. The van der Waals surface area contributed by atoms with E-state index in [9.17, 15) is 0 Å². The molecule has 0 spiro atoms. The van der Waals surface area contributed by atoms with Gasteiger partial charge in [-0.2, -0.15) is 12.6 Å². The molecule has 0 amide bonds. The third-order valence-corrected chi connectivity index (χ3v) is 2.41. The fourth-order valence-corrected chi connectivity index (χ4v) is 1.55. The van der Waals surface area contributed by atoms with Gasteiger partial charge in [0.05, 0.1) is 5.69 Å². The molecule has 0 aliphatic heterocycles. The molecular formula is C12H11NS. The van der Waals surface area contributed by atoms with Crippen LogP contribution in [-0.4, -0.2) is 4.98 Å². The second-order valence-electron chi connectivity index (χ2n) is 3.06. The summed E-state index contributed by atoms with van der Waals surface area (Å²) in [5.74, 6) is 0.681. The number of aromatic nitrogens is 1. The van der Waals surface area contributed by atoms with Crippen LogP contribution in [0.5, 0.6) is 0 Å². The third kappa shape index (κ3) is 1.96. The number of benzene rings is 1. The summed E-state index contributed by atoms with van der Waals surface area (Å²) < 4.78 is 0. The molecule has 1 aromatic heterocycles. The Morgan fingerprint density at radius 2 is 1.79 bits per heavy atom. The van der Waals surface area contributed by atoms with Crippen molar-refractivity contribution in [1.29, 1.82) is 0 Å². The van der Waals surface area contributed by atoms with E-state index in [-0.39, 0.29) is 0 Å². The fourth-order valence-electron chi connectivity index (χ4n) is 1.37. The quantitative estimate of drug-likeness (QED) is 0.736. The summed E-state index contributed by atoms with van der Waals surface area (Å²) >= 11 is 4.21. The van der Waals surface area contributed by atoms with Crippen LogP contribution in [0.3, 0.4) is 0 Å². The highest BCUT2D eigenvalue weighted by molar-refractivity contribution is 7.79. The second-order valence-corrected chi connectivity index (χ2v) is 3.38. The van der Waals surface area contributed by atoms with E-state index in [1.165, 1.54) is 11.1 Å².